The number of halogens is 2. The van der Waals surface area contributed by atoms with Crippen molar-refractivity contribution in [2.45, 2.75) is 24.7 Å². The molecule has 0 N–H and O–H groups in total. The van der Waals surface area contributed by atoms with Gasteiger partial charge in [-0.1, -0.05) is 0 Å². The zero-order valence-corrected chi connectivity index (χ0v) is 17.5. The molecule has 0 saturated carbocycles. The maximum atomic E-state index is 13.1. The first-order chi connectivity index (χ1) is 14.9. The van der Waals surface area contributed by atoms with Crippen LogP contribution in [0, 0.1) is 16.0 Å². The van der Waals surface area contributed by atoms with Gasteiger partial charge in [-0.25, -0.2) is 13.2 Å². The fraction of sp³-hybridized carbons (Fsp3) is 0.529. The van der Waals surface area contributed by atoms with Crippen LogP contribution >= 0.6 is 0 Å². The van der Waals surface area contributed by atoms with E-state index in [1.807, 2.05) is 0 Å². The van der Waals surface area contributed by atoms with E-state index in [-0.39, 0.29) is 49.5 Å². The number of carbonyl (C=O) groups excluding carboxylic acids is 2. The Morgan fingerprint density at radius 1 is 1.25 bits per heavy atom. The van der Waals surface area contributed by atoms with Gasteiger partial charge in [-0.3, -0.25) is 14.9 Å². The van der Waals surface area contributed by atoms with E-state index in [2.05, 4.69) is 4.74 Å². The molecule has 0 aliphatic carbocycles. The summed E-state index contributed by atoms with van der Waals surface area (Å²) in [5.41, 5.74) is -0.160. The average Bonchev–Trinajstić information content (AvgIpc) is 2.74. The Hall–Kier alpha value is -3.07. The summed E-state index contributed by atoms with van der Waals surface area (Å²) in [6, 6.07) is 4.03. The van der Waals surface area contributed by atoms with Crippen LogP contribution in [0.25, 0.3) is 0 Å². The van der Waals surface area contributed by atoms with Crippen molar-refractivity contribution in [3.63, 3.8) is 0 Å². The lowest BCUT2D eigenvalue weighted by molar-refractivity contribution is -0.385. The molecule has 12 nitrogen and oxygen atoms in total. The van der Waals surface area contributed by atoms with Crippen LogP contribution in [0.1, 0.15) is 18.4 Å². The number of benzene rings is 1. The van der Waals surface area contributed by atoms with Crippen molar-refractivity contribution < 1.29 is 50.5 Å². The molecule has 0 unspecified atom stereocenters. The third-order valence-electron chi connectivity index (χ3n) is 4.68. The molecule has 2 rings (SSSR count). The number of alkyl halides is 2. The van der Waals surface area contributed by atoms with Crippen LogP contribution in [0.3, 0.4) is 0 Å². The molecule has 1 saturated heterocycles. The van der Waals surface area contributed by atoms with E-state index in [1.165, 1.54) is 30.2 Å². The topological polar surface area (TPSA) is 165 Å². The highest BCUT2D eigenvalue weighted by Crippen LogP contribution is 2.26. The van der Waals surface area contributed by atoms with Gasteiger partial charge in [0.15, 0.2) is 16.7 Å². The van der Waals surface area contributed by atoms with E-state index in [0.717, 1.165) is 0 Å². The number of ether oxygens (including phenoxy) is 3. The van der Waals surface area contributed by atoms with E-state index in [4.69, 9.17) is 9.47 Å². The van der Waals surface area contributed by atoms with Crippen molar-refractivity contribution in [2.75, 3.05) is 26.8 Å². The molecule has 1 fully saturated rings. The lowest BCUT2D eigenvalue weighted by atomic mass is 9.97. The number of methoxy groups -OCH3 is 1. The summed E-state index contributed by atoms with van der Waals surface area (Å²) in [7, 11) is -4.63. The number of rotatable bonds is 8. The number of piperidine rings is 1. The van der Waals surface area contributed by atoms with Gasteiger partial charge < -0.3 is 23.7 Å². The van der Waals surface area contributed by atoms with Gasteiger partial charge in [0.1, 0.15) is 12.4 Å². The molecule has 32 heavy (non-hydrogen) atoms. The summed E-state index contributed by atoms with van der Waals surface area (Å²) >= 11 is 0. The summed E-state index contributed by atoms with van der Waals surface area (Å²) in [6.45, 7) is -2.28. The van der Waals surface area contributed by atoms with Crippen molar-refractivity contribution in [1.29, 1.82) is 0 Å². The molecular weight excluding hydrogens is 462 g/mol. The molecule has 1 aliphatic heterocycles. The summed E-state index contributed by atoms with van der Waals surface area (Å²) in [6.07, 6.45) is -0.760. The van der Waals surface area contributed by atoms with E-state index in [1.54, 1.807) is 0 Å². The van der Waals surface area contributed by atoms with Crippen LogP contribution < -0.4 is 4.74 Å². The average molecular weight is 481 g/mol. The van der Waals surface area contributed by atoms with Crippen LogP contribution in [0.15, 0.2) is 18.2 Å². The molecule has 0 atom stereocenters. The van der Waals surface area contributed by atoms with E-state index in [9.17, 15) is 41.5 Å². The van der Waals surface area contributed by atoms with Gasteiger partial charge in [0, 0.05) is 13.1 Å². The number of nitro groups is 1. The molecule has 0 bridgehead atoms. The lowest BCUT2D eigenvalue weighted by Gasteiger charge is -2.30. The fourth-order valence-electron chi connectivity index (χ4n) is 2.84. The maximum Gasteiger partial charge on any atom is 0.410 e. The molecular formula is C17H19F2N2O10S-. The number of hydrogen-bond acceptors (Lipinski definition) is 10. The van der Waals surface area contributed by atoms with Gasteiger partial charge in [-0.15, -0.1) is 0 Å². The zero-order valence-electron chi connectivity index (χ0n) is 16.7. The quantitative estimate of drug-likeness (QED) is 0.230. The minimum atomic E-state index is -5.97. The standard InChI is InChI=1S/C17H20F2N2O10S/c1-29-13-3-2-12(14(8-13)21(24)25)9-30-16(23)20-6-4-11(5-7-20)15(22)31-10-17(18,19)32(26,27)28/h2-3,8,11H,4-7,9-10H2,1H3,(H,26,27,28)/p-1. The van der Waals surface area contributed by atoms with Crippen molar-refractivity contribution in [3.05, 3.63) is 33.9 Å². The maximum absolute atomic E-state index is 13.1. The Bertz CT molecular complexity index is 978. The molecule has 1 amide bonds. The Kier molecular flexibility index (Phi) is 7.90. The minimum Gasteiger partial charge on any atom is -0.743 e. The summed E-state index contributed by atoms with van der Waals surface area (Å²) < 4.78 is 71.6. The molecule has 178 valence electrons. The third-order valence-corrected chi connectivity index (χ3v) is 5.52. The minimum absolute atomic E-state index is 0.000444. The number of amides is 1. The summed E-state index contributed by atoms with van der Waals surface area (Å²) in [4.78, 5) is 35.8. The third kappa shape index (κ3) is 6.23. The highest BCUT2D eigenvalue weighted by molar-refractivity contribution is 7.86. The molecule has 15 heteroatoms. The largest absolute Gasteiger partial charge is 0.743 e. The van der Waals surface area contributed by atoms with Crippen LogP contribution in [0.4, 0.5) is 19.3 Å². The lowest BCUT2D eigenvalue weighted by Crippen LogP contribution is -2.42. The first-order valence-corrected chi connectivity index (χ1v) is 10.5. The normalized spacial score (nSPS) is 15.2. The Balaban J connectivity index is 1.85. The van der Waals surface area contributed by atoms with E-state index >= 15 is 0 Å². The van der Waals surface area contributed by atoms with Gasteiger partial charge >= 0.3 is 17.3 Å². The summed E-state index contributed by atoms with van der Waals surface area (Å²) in [5.74, 6) is -1.74. The highest BCUT2D eigenvalue weighted by atomic mass is 32.2. The molecule has 0 aromatic heterocycles. The smallest absolute Gasteiger partial charge is 0.410 e. The molecule has 1 aromatic carbocycles. The molecule has 0 spiro atoms. The number of likely N-dealkylation sites (tertiary alicyclic amines) is 1. The van der Waals surface area contributed by atoms with Gasteiger partial charge in [0.25, 0.3) is 5.69 Å². The molecule has 1 aliphatic rings. The number of carbonyl (C=O) groups is 2. The molecule has 1 aromatic rings. The number of nitro benzene ring substituents is 1. The van der Waals surface area contributed by atoms with Crippen molar-refractivity contribution >= 4 is 27.9 Å². The Labute approximate surface area is 180 Å². The van der Waals surface area contributed by atoms with E-state index in [0.29, 0.717) is 0 Å². The number of nitrogens with zero attached hydrogens (tertiary/aromatic N) is 2. The second-order valence-corrected chi connectivity index (χ2v) is 8.27. The first-order valence-electron chi connectivity index (χ1n) is 9.08. The second-order valence-electron chi connectivity index (χ2n) is 6.77. The van der Waals surface area contributed by atoms with Crippen molar-refractivity contribution in [1.82, 2.24) is 4.90 Å². The molecule has 0 radical (unpaired) electrons. The number of esters is 1. The predicted octanol–water partition coefficient (Wildman–Crippen LogP) is 1.63. The zero-order chi connectivity index (χ0) is 24.1. The van der Waals surface area contributed by atoms with Gasteiger partial charge in [0.05, 0.1) is 29.6 Å². The second kappa shape index (κ2) is 10.0. The van der Waals surface area contributed by atoms with Gasteiger partial charge in [-0.05, 0) is 25.0 Å². The van der Waals surface area contributed by atoms with Crippen molar-refractivity contribution in [2.24, 2.45) is 5.92 Å². The monoisotopic (exact) mass is 481 g/mol. The van der Waals surface area contributed by atoms with Crippen LogP contribution in [-0.4, -0.2) is 66.9 Å². The van der Waals surface area contributed by atoms with Crippen molar-refractivity contribution in [3.8, 4) is 5.75 Å². The predicted molar refractivity (Wildman–Crippen MR) is 99.7 cm³/mol. The first kappa shape index (κ1) is 25.2. The highest BCUT2D eigenvalue weighted by Gasteiger charge is 2.40. The van der Waals surface area contributed by atoms with Gasteiger partial charge in [0.2, 0.25) is 0 Å². The Morgan fingerprint density at radius 3 is 2.41 bits per heavy atom. The van der Waals surface area contributed by atoms with Crippen LogP contribution in [-0.2, 0) is 31.0 Å². The van der Waals surface area contributed by atoms with Gasteiger partial charge in [-0.2, -0.15) is 8.78 Å². The summed E-state index contributed by atoms with van der Waals surface area (Å²) in [5, 5.41) is 6.43. The van der Waals surface area contributed by atoms with Crippen LogP contribution in [0.2, 0.25) is 0 Å². The van der Waals surface area contributed by atoms with Crippen LogP contribution in [0.5, 0.6) is 5.75 Å². The SMILES string of the molecule is COc1ccc(COC(=O)N2CCC(C(=O)OCC(F)(F)S(=O)(=O)[O-])CC2)c([N+](=O)[O-])c1. The molecule has 1 heterocycles. The Morgan fingerprint density at radius 2 is 1.88 bits per heavy atom. The number of hydrogen-bond donors (Lipinski definition) is 0. The van der Waals surface area contributed by atoms with E-state index < -0.39 is 44.9 Å². The fourth-order valence-corrected chi connectivity index (χ4v) is 3.04.